The third-order valence-electron chi connectivity index (χ3n) is 11.8. The van der Waals surface area contributed by atoms with E-state index in [1.165, 1.54) is 7.11 Å². The molecule has 4 N–H and O–H groups in total. The molecule has 1 saturated carbocycles. The van der Waals surface area contributed by atoms with Gasteiger partial charge >= 0.3 is 0 Å². The van der Waals surface area contributed by atoms with E-state index < -0.39 is 29.7 Å². The molecule has 20 nitrogen and oxygen atoms in total. The molecule has 7 rings (SSSR count). The zero-order valence-corrected chi connectivity index (χ0v) is 37.0. The molecule has 2 unspecified atom stereocenters. The fourth-order valence-corrected chi connectivity index (χ4v) is 8.52. The van der Waals surface area contributed by atoms with Crippen molar-refractivity contribution in [3.63, 3.8) is 0 Å². The van der Waals surface area contributed by atoms with Crippen molar-refractivity contribution in [1.82, 2.24) is 25.5 Å². The van der Waals surface area contributed by atoms with E-state index in [9.17, 15) is 28.8 Å². The number of likely N-dealkylation sites (N-methyl/N-ethyl adjacent to an activating group) is 1. The molecule has 65 heavy (non-hydrogen) atoms. The van der Waals surface area contributed by atoms with Gasteiger partial charge in [0.1, 0.15) is 23.5 Å². The third kappa shape index (κ3) is 10.8. The molecule has 20 heteroatoms. The van der Waals surface area contributed by atoms with E-state index >= 15 is 0 Å². The number of anilines is 5. The van der Waals surface area contributed by atoms with Gasteiger partial charge in [0, 0.05) is 43.9 Å². The van der Waals surface area contributed by atoms with Gasteiger partial charge in [-0.15, -0.1) is 0 Å². The Kier molecular flexibility index (Phi) is 15.9. The van der Waals surface area contributed by atoms with Crippen LogP contribution in [-0.4, -0.2) is 149 Å². The molecular formula is C45H57N9O11. The average molecular weight is 900 g/mol. The van der Waals surface area contributed by atoms with Crippen molar-refractivity contribution in [3.8, 4) is 5.75 Å². The van der Waals surface area contributed by atoms with Crippen molar-refractivity contribution in [2.24, 2.45) is 0 Å². The summed E-state index contributed by atoms with van der Waals surface area (Å²) < 4.78 is 28.0. The van der Waals surface area contributed by atoms with Crippen LogP contribution in [0.3, 0.4) is 0 Å². The van der Waals surface area contributed by atoms with Gasteiger partial charge in [0.05, 0.1) is 83.0 Å². The minimum Gasteiger partial charge on any atom is -0.495 e. The number of nitrogens with one attached hydrogen (secondary N) is 4. The summed E-state index contributed by atoms with van der Waals surface area (Å²) in [5, 5.41) is 11.4. The van der Waals surface area contributed by atoms with Crippen molar-refractivity contribution in [3.05, 3.63) is 59.3 Å². The topological polar surface area (TPSA) is 232 Å². The first-order chi connectivity index (χ1) is 31.6. The van der Waals surface area contributed by atoms with Gasteiger partial charge in [0.2, 0.25) is 23.7 Å². The average Bonchev–Trinajstić information content (AvgIpc) is 3.93. The summed E-state index contributed by atoms with van der Waals surface area (Å²) in [6, 6.07) is 8.92. The highest BCUT2D eigenvalue weighted by molar-refractivity contribution is 6.25. The third-order valence-corrected chi connectivity index (χ3v) is 11.8. The van der Waals surface area contributed by atoms with Crippen LogP contribution < -0.4 is 35.8 Å². The number of piperidine rings is 1. The molecule has 1 aliphatic carbocycles. The van der Waals surface area contributed by atoms with Crippen LogP contribution in [0.1, 0.15) is 82.9 Å². The zero-order chi connectivity index (χ0) is 45.9. The maximum Gasteiger partial charge on any atom is 0.264 e. The Bertz CT molecular complexity index is 2240. The monoisotopic (exact) mass is 899 g/mol. The SMILES string of the molecule is CCC1C(=O)N(C)c2cnc(Nc3ccc(C(=O)NCCOCCOCCOCCOCCNc4cccc5c4C(=O)N(C4CCC(=O)NC4=O)C5=O)cc3OC)nc2N1C1CCCC1. The number of hydrogen-bond donors (Lipinski definition) is 4. The van der Waals surface area contributed by atoms with Crippen LogP contribution in [0.5, 0.6) is 5.75 Å². The summed E-state index contributed by atoms with van der Waals surface area (Å²) in [7, 11) is 3.30. The molecule has 3 aromatic rings. The van der Waals surface area contributed by atoms with Gasteiger partial charge in [-0.3, -0.25) is 39.0 Å². The van der Waals surface area contributed by atoms with E-state index in [0.717, 1.165) is 36.4 Å². The van der Waals surface area contributed by atoms with Gasteiger partial charge in [0.25, 0.3) is 17.7 Å². The Morgan fingerprint density at radius 3 is 2.22 bits per heavy atom. The molecule has 2 aromatic carbocycles. The van der Waals surface area contributed by atoms with E-state index in [1.807, 2.05) is 6.92 Å². The largest absolute Gasteiger partial charge is 0.495 e. The molecule has 1 aromatic heterocycles. The molecule has 3 aliphatic heterocycles. The summed E-state index contributed by atoms with van der Waals surface area (Å²) in [4.78, 5) is 90.5. The van der Waals surface area contributed by atoms with Crippen LogP contribution in [0.25, 0.3) is 0 Å². The lowest BCUT2D eigenvalue weighted by molar-refractivity contribution is -0.136. The highest BCUT2D eigenvalue weighted by atomic mass is 16.6. The van der Waals surface area contributed by atoms with Crippen molar-refractivity contribution in [1.29, 1.82) is 0 Å². The van der Waals surface area contributed by atoms with Gasteiger partial charge < -0.3 is 49.4 Å². The van der Waals surface area contributed by atoms with Crippen molar-refractivity contribution in [2.75, 3.05) is 101 Å². The number of carbonyl (C=O) groups is 6. The van der Waals surface area contributed by atoms with Gasteiger partial charge in [-0.1, -0.05) is 25.8 Å². The fraction of sp³-hybridized carbons (Fsp3) is 0.511. The second kappa shape index (κ2) is 22.1. The maximum atomic E-state index is 13.2. The number of fused-ring (bicyclic) bond motifs is 2. The van der Waals surface area contributed by atoms with Gasteiger partial charge in [0.15, 0.2) is 5.82 Å². The van der Waals surface area contributed by atoms with Crippen LogP contribution in [0.4, 0.5) is 28.8 Å². The molecule has 2 fully saturated rings. The lowest BCUT2D eigenvalue weighted by Gasteiger charge is -2.43. The number of rotatable bonds is 23. The Labute approximate surface area is 377 Å². The molecule has 6 amide bonds. The number of benzene rings is 2. The van der Waals surface area contributed by atoms with E-state index in [0.29, 0.717) is 107 Å². The molecule has 1 saturated heterocycles. The Hall–Kier alpha value is -6.22. The first kappa shape index (κ1) is 46.8. The first-order valence-corrected chi connectivity index (χ1v) is 22.2. The van der Waals surface area contributed by atoms with Crippen molar-refractivity contribution in [2.45, 2.75) is 70.0 Å². The second-order valence-corrected chi connectivity index (χ2v) is 15.9. The first-order valence-electron chi connectivity index (χ1n) is 22.2. The lowest BCUT2D eigenvalue weighted by atomic mass is 10.0. The predicted molar refractivity (Wildman–Crippen MR) is 238 cm³/mol. The molecule has 0 spiro atoms. The number of methoxy groups -OCH3 is 1. The van der Waals surface area contributed by atoms with Gasteiger partial charge in [-0.25, -0.2) is 4.98 Å². The molecule has 348 valence electrons. The molecule has 2 atom stereocenters. The normalized spacial score (nSPS) is 18.5. The van der Waals surface area contributed by atoms with Gasteiger partial charge in [-0.2, -0.15) is 4.98 Å². The zero-order valence-electron chi connectivity index (χ0n) is 37.0. The summed E-state index contributed by atoms with van der Waals surface area (Å²) >= 11 is 0. The van der Waals surface area contributed by atoms with E-state index in [2.05, 4.69) is 31.2 Å². The smallest absolute Gasteiger partial charge is 0.264 e. The Balaban J connectivity index is 0.735. The number of imide groups is 2. The predicted octanol–water partition coefficient (Wildman–Crippen LogP) is 3.04. The molecule has 0 bridgehead atoms. The number of carbonyl (C=O) groups excluding carboxylic acids is 6. The van der Waals surface area contributed by atoms with Gasteiger partial charge in [-0.05, 0) is 56.0 Å². The molecule has 4 heterocycles. The maximum absolute atomic E-state index is 13.2. The number of hydrogen-bond acceptors (Lipinski definition) is 16. The van der Waals surface area contributed by atoms with Crippen LogP contribution in [0.2, 0.25) is 0 Å². The number of aromatic nitrogens is 2. The minimum absolute atomic E-state index is 0.0522. The highest BCUT2D eigenvalue weighted by Gasteiger charge is 2.46. The van der Waals surface area contributed by atoms with Crippen molar-refractivity contribution < 1.29 is 52.5 Å². The van der Waals surface area contributed by atoms with E-state index in [4.69, 9.17) is 28.7 Å². The number of nitrogens with zero attached hydrogens (tertiary/aromatic N) is 5. The fourth-order valence-electron chi connectivity index (χ4n) is 8.52. The summed E-state index contributed by atoms with van der Waals surface area (Å²) in [6.45, 7) is 5.41. The van der Waals surface area contributed by atoms with Crippen LogP contribution >= 0.6 is 0 Å². The second-order valence-electron chi connectivity index (χ2n) is 15.9. The quantitative estimate of drug-likeness (QED) is 0.0792. The summed E-state index contributed by atoms with van der Waals surface area (Å²) in [5.74, 6) is -0.902. The Morgan fingerprint density at radius 2 is 1.54 bits per heavy atom. The summed E-state index contributed by atoms with van der Waals surface area (Å²) in [5.41, 5.74) is 2.54. The lowest BCUT2D eigenvalue weighted by Crippen LogP contribution is -2.55. The van der Waals surface area contributed by atoms with E-state index in [1.54, 1.807) is 54.5 Å². The minimum atomic E-state index is -1.03. The number of ether oxygens (including phenoxy) is 5. The van der Waals surface area contributed by atoms with E-state index in [-0.39, 0.29) is 47.9 Å². The molecule has 0 radical (unpaired) electrons. The molecule has 4 aliphatic rings. The Morgan fingerprint density at radius 1 is 0.846 bits per heavy atom. The highest BCUT2D eigenvalue weighted by Crippen LogP contribution is 2.40. The molecular weight excluding hydrogens is 843 g/mol. The van der Waals surface area contributed by atoms with Crippen LogP contribution in [0, 0.1) is 0 Å². The van der Waals surface area contributed by atoms with Crippen LogP contribution in [-0.2, 0) is 33.3 Å². The van der Waals surface area contributed by atoms with Crippen LogP contribution in [0.15, 0.2) is 42.6 Å². The standard InChI is InChI=1S/C45H57N9O11/c1-4-33-43(59)52(2)35-27-48-45(51-39(35)53(33)29-8-5-6-9-29)49-31-13-12-28(26-36(31)61-3)40(56)47-17-19-63-21-23-65-25-24-64-22-20-62-18-16-46-32-11-7-10-30-38(32)44(60)54(42(30)58)34-14-15-37(55)50-41(34)57/h7,10-13,26-27,29,33-34,46H,4-6,8-9,14-25H2,1-3H3,(H,47,56)(H,48,49,51)(H,50,55,57). The number of amides is 6. The summed E-state index contributed by atoms with van der Waals surface area (Å²) in [6.07, 6.45) is 6.80. The van der Waals surface area contributed by atoms with Crippen molar-refractivity contribution >= 4 is 64.3 Å².